The summed E-state index contributed by atoms with van der Waals surface area (Å²) in [6.07, 6.45) is 2.01. The van der Waals surface area contributed by atoms with Crippen LogP contribution in [0.3, 0.4) is 0 Å². The van der Waals surface area contributed by atoms with Gasteiger partial charge < -0.3 is 4.74 Å². The number of carbonyl (C=O) groups is 1. The zero-order valence-corrected chi connectivity index (χ0v) is 15.0. The monoisotopic (exact) mass is 341 g/mol. The summed E-state index contributed by atoms with van der Waals surface area (Å²) in [6.45, 7) is 4.71. The van der Waals surface area contributed by atoms with Gasteiger partial charge in [0, 0.05) is 5.69 Å². The second-order valence-corrected chi connectivity index (χ2v) is 6.40. The van der Waals surface area contributed by atoms with Gasteiger partial charge in [-0.2, -0.15) is 0 Å². The molecule has 0 fully saturated rings. The molecule has 0 amide bonds. The van der Waals surface area contributed by atoms with Crippen molar-refractivity contribution in [3.05, 3.63) is 52.7 Å². The molecule has 0 radical (unpaired) electrons. The molecule has 6 heteroatoms. The lowest BCUT2D eigenvalue weighted by Gasteiger charge is -2.08. The van der Waals surface area contributed by atoms with Gasteiger partial charge in [-0.05, 0) is 49.4 Å². The first-order valence-corrected chi connectivity index (χ1v) is 8.81. The number of benzene rings is 1. The summed E-state index contributed by atoms with van der Waals surface area (Å²) < 4.78 is 6.85. The Labute approximate surface area is 145 Å². The maximum atomic E-state index is 11.5. The summed E-state index contributed by atoms with van der Waals surface area (Å²) in [6, 6.07) is 9.48. The first-order chi connectivity index (χ1) is 11.5. The number of carbonyl (C=O) groups excluding carboxylic acids is 1. The summed E-state index contributed by atoms with van der Waals surface area (Å²) in [5, 5.41) is 0.934. The number of aromatic nitrogens is 3. The van der Waals surface area contributed by atoms with Crippen molar-refractivity contribution in [2.45, 2.75) is 25.5 Å². The zero-order valence-electron chi connectivity index (χ0n) is 14.2. The SMILES string of the molecule is COC(=O)c1ccc(Cn2c(SC)nc3c(C)cc(C)nc32)cc1. The van der Waals surface area contributed by atoms with Crippen LogP contribution in [0.25, 0.3) is 11.2 Å². The van der Waals surface area contributed by atoms with E-state index in [1.165, 1.54) is 7.11 Å². The van der Waals surface area contributed by atoms with Crippen molar-refractivity contribution in [1.82, 2.24) is 14.5 Å². The van der Waals surface area contributed by atoms with E-state index in [4.69, 9.17) is 9.72 Å². The third kappa shape index (κ3) is 3.01. The van der Waals surface area contributed by atoms with Gasteiger partial charge in [-0.25, -0.2) is 14.8 Å². The Morgan fingerprint density at radius 3 is 2.54 bits per heavy atom. The van der Waals surface area contributed by atoms with Crippen molar-refractivity contribution < 1.29 is 9.53 Å². The number of hydrogen-bond donors (Lipinski definition) is 0. The highest BCUT2D eigenvalue weighted by molar-refractivity contribution is 7.98. The van der Waals surface area contributed by atoms with Crippen LogP contribution in [-0.4, -0.2) is 33.9 Å². The third-order valence-electron chi connectivity index (χ3n) is 3.89. The van der Waals surface area contributed by atoms with Crippen LogP contribution in [0, 0.1) is 13.8 Å². The van der Waals surface area contributed by atoms with Gasteiger partial charge in [0.05, 0.1) is 19.2 Å². The topological polar surface area (TPSA) is 57.0 Å². The third-order valence-corrected chi connectivity index (χ3v) is 4.56. The Bertz CT molecular complexity index is 901. The maximum Gasteiger partial charge on any atom is 0.337 e. The van der Waals surface area contributed by atoms with Gasteiger partial charge in [0.2, 0.25) is 0 Å². The first-order valence-electron chi connectivity index (χ1n) is 7.59. The number of esters is 1. The van der Waals surface area contributed by atoms with Crippen molar-refractivity contribution in [1.29, 1.82) is 0 Å². The van der Waals surface area contributed by atoms with E-state index in [1.807, 2.05) is 25.3 Å². The number of nitrogens with zero attached hydrogens (tertiary/aromatic N) is 3. The minimum absolute atomic E-state index is 0.327. The molecule has 0 aliphatic heterocycles. The molecule has 2 aromatic heterocycles. The normalized spacial score (nSPS) is 11.0. The Balaban J connectivity index is 2.01. The molecule has 0 atom stereocenters. The van der Waals surface area contributed by atoms with E-state index < -0.39 is 0 Å². The highest BCUT2D eigenvalue weighted by Crippen LogP contribution is 2.25. The second-order valence-electron chi connectivity index (χ2n) is 5.63. The molecule has 0 saturated heterocycles. The molecule has 24 heavy (non-hydrogen) atoms. The molecule has 1 aromatic carbocycles. The average molecular weight is 341 g/mol. The standard InChI is InChI=1S/C18H19N3O2S/c1-11-9-12(2)19-16-15(11)20-18(24-4)21(16)10-13-5-7-14(8-6-13)17(22)23-3/h5-9H,10H2,1-4H3. The lowest BCUT2D eigenvalue weighted by Crippen LogP contribution is -2.05. The molecule has 0 saturated carbocycles. The fraction of sp³-hybridized carbons (Fsp3) is 0.278. The molecular weight excluding hydrogens is 322 g/mol. The summed E-state index contributed by atoms with van der Waals surface area (Å²) >= 11 is 1.60. The van der Waals surface area contributed by atoms with Crippen LogP contribution in [0.15, 0.2) is 35.5 Å². The van der Waals surface area contributed by atoms with E-state index in [9.17, 15) is 4.79 Å². The van der Waals surface area contributed by atoms with Crippen LogP contribution >= 0.6 is 11.8 Å². The highest BCUT2D eigenvalue weighted by Gasteiger charge is 2.14. The summed E-state index contributed by atoms with van der Waals surface area (Å²) in [5.74, 6) is -0.327. The van der Waals surface area contributed by atoms with Crippen molar-refractivity contribution in [2.24, 2.45) is 0 Å². The number of thioether (sulfide) groups is 1. The first kappa shape index (κ1) is 16.5. The lowest BCUT2D eigenvalue weighted by molar-refractivity contribution is 0.0600. The molecule has 5 nitrogen and oxygen atoms in total. The molecule has 0 spiro atoms. The number of ether oxygens (including phenoxy) is 1. The predicted molar refractivity (Wildman–Crippen MR) is 95.7 cm³/mol. The maximum absolute atomic E-state index is 11.5. The van der Waals surface area contributed by atoms with Gasteiger partial charge in [-0.3, -0.25) is 4.57 Å². The van der Waals surface area contributed by atoms with Gasteiger partial charge in [-0.1, -0.05) is 23.9 Å². The number of pyridine rings is 1. The van der Waals surface area contributed by atoms with Gasteiger partial charge in [0.1, 0.15) is 5.52 Å². The van der Waals surface area contributed by atoms with Crippen LogP contribution < -0.4 is 0 Å². The van der Waals surface area contributed by atoms with Crippen LogP contribution in [0.1, 0.15) is 27.2 Å². The minimum atomic E-state index is -0.327. The molecule has 3 aromatic rings. The van der Waals surface area contributed by atoms with Crippen molar-refractivity contribution in [3.63, 3.8) is 0 Å². The molecule has 0 aliphatic rings. The van der Waals surface area contributed by atoms with Gasteiger partial charge in [-0.15, -0.1) is 0 Å². The number of aryl methyl sites for hydroxylation is 2. The number of hydrogen-bond acceptors (Lipinski definition) is 5. The molecule has 0 aliphatic carbocycles. The number of fused-ring (bicyclic) bond motifs is 1. The van der Waals surface area contributed by atoms with Crippen LogP contribution in [-0.2, 0) is 11.3 Å². The van der Waals surface area contributed by atoms with Crippen molar-refractivity contribution in [2.75, 3.05) is 13.4 Å². The molecule has 2 heterocycles. The Morgan fingerprint density at radius 2 is 1.92 bits per heavy atom. The molecule has 3 rings (SSSR count). The highest BCUT2D eigenvalue weighted by atomic mass is 32.2. The largest absolute Gasteiger partial charge is 0.465 e. The van der Waals surface area contributed by atoms with Crippen LogP contribution in [0.2, 0.25) is 0 Å². The Kier molecular flexibility index (Phi) is 4.57. The van der Waals surface area contributed by atoms with E-state index in [-0.39, 0.29) is 5.97 Å². The van der Waals surface area contributed by atoms with Crippen LogP contribution in [0.4, 0.5) is 0 Å². The van der Waals surface area contributed by atoms with E-state index >= 15 is 0 Å². The van der Waals surface area contributed by atoms with E-state index in [1.54, 1.807) is 23.9 Å². The van der Waals surface area contributed by atoms with Crippen molar-refractivity contribution in [3.8, 4) is 0 Å². The average Bonchev–Trinajstić information content (AvgIpc) is 2.93. The molecule has 0 unspecified atom stereocenters. The number of imidazole rings is 1. The van der Waals surface area contributed by atoms with Gasteiger partial charge >= 0.3 is 5.97 Å². The van der Waals surface area contributed by atoms with E-state index in [2.05, 4.69) is 22.5 Å². The molecular formula is C18H19N3O2S. The van der Waals surface area contributed by atoms with Gasteiger partial charge in [0.25, 0.3) is 0 Å². The predicted octanol–water partition coefficient (Wildman–Crippen LogP) is 3.60. The minimum Gasteiger partial charge on any atom is -0.465 e. The van der Waals surface area contributed by atoms with E-state index in [0.29, 0.717) is 12.1 Å². The number of methoxy groups -OCH3 is 1. The Hall–Kier alpha value is -2.34. The smallest absolute Gasteiger partial charge is 0.337 e. The summed E-state index contributed by atoms with van der Waals surface area (Å²) in [5.41, 5.74) is 5.58. The fourth-order valence-electron chi connectivity index (χ4n) is 2.73. The molecule has 0 N–H and O–H groups in total. The van der Waals surface area contributed by atoms with Crippen LogP contribution in [0.5, 0.6) is 0 Å². The molecule has 124 valence electrons. The summed E-state index contributed by atoms with van der Waals surface area (Å²) in [7, 11) is 1.38. The quantitative estimate of drug-likeness (QED) is 0.536. The van der Waals surface area contributed by atoms with Gasteiger partial charge in [0.15, 0.2) is 10.8 Å². The Morgan fingerprint density at radius 1 is 1.21 bits per heavy atom. The lowest BCUT2D eigenvalue weighted by atomic mass is 10.1. The van der Waals surface area contributed by atoms with Crippen molar-refractivity contribution >= 4 is 28.9 Å². The number of rotatable bonds is 4. The van der Waals surface area contributed by atoms with E-state index in [0.717, 1.165) is 33.1 Å². The second kappa shape index (κ2) is 6.65. The summed E-state index contributed by atoms with van der Waals surface area (Å²) in [4.78, 5) is 20.9. The fourth-order valence-corrected chi connectivity index (χ4v) is 3.28. The zero-order chi connectivity index (χ0) is 17.3. The molecule has 0 bridgehead atoms.